The second kappa shape index (κ2) is 8.20. The zero-order valence-electron chi connectivity index (χ0n) is 16.7. The van der Waals surface area contributed by atoms with Crippen LogP contribution < -0.4 is 10.2 Å². The predicted octanol–water partition coefficient (Wildman–Crippen LogP) is 5.31. The summed E-state index contributed by atoms with van der Waals surface area (Å²) in [5, 5.41) is 4.27. The summed E-state index contributed by atoms with van der Waals surface area (Å²) in [6.07, 6.45) is 7.94. The number of benzene rings is 1. The monoisotopic (exact) mass is 414 g/mol. The van der Waals surface area contributed by atoms with Crippen molar-refractivity contribution in [2.75, 3.05) is 23.3 Å². The quantitative estimate of drug-likeness (QED) is 0.477. The normalized spacial score (nSPS) is 13.6. The number of hydrogen-bond acceptors (Lipinski definition) is 7. The van der Waals surface area contributed by atoms with Crippen molar-refractivity contribution < 1.29 is 0 Å². The maximum Gasteiger partial charge on any atom is 0.227 e. The Bertz CT molecular complexity index is 1130. The minimum atomic E-state index is 0.581. The molecule has 4 aromatic rings. The zero-order chi connectivity index (χ0) is 20.3. The Morgan fingerprint density at radius 1 is 0.967 bits per heavy atom. The Balaban J connectivity index is 1.36. The molecular weight excluding hydrogens is 392 g/mol. The number of thiazole rings is 1. The zero-order valence-corrected chi connectivity index (χ0v) is 17.6. The second-order valence-electron chi connectivity index (χ2n) is 7.31. The number of nitrogens with one attached hydrogen (secondary N) is 1. The molecule has 1 aromatic carbocycles. The molecule has 5 rings (SSSR count). The largest absolute Gasteiger partial charge is 0.372 e. The van der Waals surface area contributed by atoms with Crippen molar-refractivity contribution in [2.24, 2.45) is 0 Å². The van der Waals surface area contributed by atoms with Crippen LogP contribution in [0, 0.1) is 6.92 Å². The van der Waals surface area contributed by atoms with E-state index in [1.54, 1.807) is 23.7 Å². The summed E-state index contributed by atoms with van der Waals surface area (Å²) in [7, 11) is 0. The lowest BCUT2D eigenvalue weighted by Gasteiger charge is -2.17. The topological polar surface area (TPSA) is 66.8 Å². The van der Waals surface area contributed by atoms with E-state index in [0.29, 0.717) is 5.95 Å². The summed E-state index contributed by atoms with van der Waals surface area (Å²) < 4.78 is 0. The van der Waals surface area contributed by atoms with Gasteiger partial charge in [0.1, 0.15) is 5.01 Å². The SMILES string of the molecule is Cc1nc(-c2cccnc2)sc1-c1ccnc(Nc2ccc(N3CCCC3)cc2)n1. The molecule has 6 nitrogen and oxygen atoms in total. The van der Waals surface area contributed by atoms with Gasteiger partial charge < -0.3 is 10.2 Å². The van der Waals surface area contributed by atoms with Gasteiger partial charge in [-0.2, -0.15) is 0 Å². The van der Waals surface area contributed by atoms with Crippen LogP contribution in [-0.2, 0) is 0 Å². The first-order chi connectivity index (χ1) is 14.8. The van der Waals surface area contributed by atoms with Crippen molar-refractivity contribution in [2.45, 2.75) is 19.8 Å². The Kier molecular flexibility index (Phi) is 5.11. The number of pyridine rings is 1. The first kappa shape index (κ1) is 18.7. The molecule has 0 atom stereocenters. The number of anilines is 3. The molecule has 30 heavy (non-hydrogen) atoms. The van der Waals surface area contributed by atoms with Crippen molar-refractivity contribution in [1.29, 1.82) is 0 Å². The van der Waals surface area contributed by atoms with Crippen LogP contribution in [0.3, 0.4) is 0 Å². The lowest BCUT2D eigenvalue weighted by Crippen LogP contribution is -2.17. The lowest BCUT2D eigenvalue weighted by molar-refractivity contribution is 0.949. The molecule has 0 saturated carbocycles. The van der Waals surface area contributed by atoms with E-state index >= 15 is 0 Å². The van der Waals surface area contributed by atoms with E-state index in [2.05, 4.69) is 44.5 Å². The Morgan fingerprint density at radius 2 is 1.80 bits per heavy atom. The van der Waals surface area contributed by atoms with Crippen LogP contribution in [0.25, 0.3) is 21.1 Å². The van der Waals surface area contributed by atoms with Crippen molar-refractivity contribution in [3.05, 3.63) is 66.7 Å². The van der Waals surface area contributed by atoms with Gasteiger partial charge in [0.05, 0.1) is 16.3 Å². The molecule has 1 saturated heterocycles. The number of aromatic nitrogens is 4. The standard InChI is InChI=1S/C23H22N6S/c1-16-21(30-22(26-16)17-5-4-11-24-15-17)20-10-12-25-23(28-20)27-18-6-8-19(9-7-18)29-13-2-3-14-29/h4-12,15H,2-3,13-14H2,1H3,(H,25,27,28). The molecule has 3 aromatic heterocycles. The van der Waals surface area contributed by atoms with Crippen LogP contribution in [0.15, 0.2) is 61.1 Å². The Morgan fingerprint density at radius 3 is 2.57 bits per heavy atom. The summed E-state index contributed by atoms with van der Waals surface area (Å²) >= 11 is 1.62. The van der Waals surface area contributed by atoms with Crippen molar-refractivity contribution in [1.82, 2.24) is 19.9 Å². The molecule has 0 spiro atoms. The second-order valence-corrected chi connectivity index (χ2v) is 8.31. The van der Waals surface area contributed by atoms with Crippen molar-refractivity contribution >= 4 is 28.7 Å². The van der Waals surface area contributed by atoms with Crippen LogP contribution in [0.4, 0.5) is 17.3 Å². The third-order valence-electron chi connectivity index (χ3n) is 5.19. The molecule has 4 heterocycles. The number of aryl methyl sites for hydroxylation is 1. The molecule has 1 N–H and O–H groups in total. The third kappa shape index (κ3) is 3.89. The summed E-state index contributed by atoms with van der Waals surface area (Å²) in [6.45, 7) is 4.30. The van der Waals surface area contributed by atoms with Crippen LogP contribution in [-0.4, -0.2) is 33.0 Å². The molecule has 0 radical (unpaired) electrons. The highest BCUT2D eigenvalue weighted by molar-refractivity contribution is 7.18. The highest BCUT2D eigenvalue weighted by atomic mass is 32.1. The lowest BCUT2D eigenvalue weighted by atomic mass is 10.2. The van der Waals surface area contributed by atoms with E-state index < -0.39 is 0 Å². The Hall–Kier alpha value is -3.32. The van der Waals surface area contributed by atoms with Gasteiger partial charge in [0.25, 0.3) is 0 Å². The molecule has 0 unspecified atom stereocenters. The van der Waals surface area contributed by atoms with Crippen molar-refractivity contribution in [3.8, 4) is 21.1 Å². The molecule has 7 heteroatoms. The number of rotatable bonds is 5. The van der Waals surface area contributed by atoms with Crippen LogP contribution in [0.1, 0.15) is 18.5 Å². The fraction of sp³-hybridized carbons (Fsp3) is 0.217. The van der Waals surface area contributed by atoms with Gasteiger partial charge >= 0.3 is 0 Å². The van der Waals surface area contributed by atoms with Crippen molar-refractivity contribution in [3.63, 3.8) is 0 Å². The third-order valence-corrected chi connectivity index (χ3v) is 6.42. The maximum absolute atomic E-state index is 4.73. The predicted molar refractivity (Wildman–Crippen MR) is 122 cm³/mol. The van der Waals surface area contributed by atoms with Gasteiger partial charge in [-0.3, -0.25) is 4.98 Å². The fourth-order valence-corrected chi connectivity index (χ4v) is 4.68. The van der Waals surface area contributed by atoms with E-state index in [0.717, 1.165) is 45.6 Å². The highest BCUT2D eigenvalue weighted by Gasteiger charge is 2.14. The maximum atomic E-state index is 4.73. The van der Waals surface area contributed by atoms with E-state index in [9.17, 15) is 0 Å². The summed E-state index contributed by atoms with van der Waals surface area (Å²) in [5.74, 6) is 0.581. The molecule has 0 aliphatic carbocycles. The summed E-state index contributed by atoms with van der Waals surface area (Å²) in [4.78, 5) is 21.5. The van der Waals surface area contributed by atoms with E-state index in [-0.39, 0.29) is 0 Å². The van der Waals surface area contributed by atoms with Crippen LogP contribution in [0.2, 0.25) is 0 Å². The molecule has 1 aliphatic rings. The highest BCUT2D eigenvalue weighted by Crippen LogP contribution is 2.34. The van der Waals surface area contributed by atoms with Crippen LogP contribution in [0.5, 0.6) is 0 Å². The van der Waals surface area contributed by atoms with E-state index in [4.69, 9.17) is 9.97 Å². The average molecular weight is 415 g/mol. The van der Waals surface area contributed by atoms with Gasteiger partial charge in [0.15, 0.2) is 0 Å². The average Bonchev–Trinajstić information content (AvgIpc) is 3.45. The van der Waals surface area contributed by atoms with Crippen LogP contribution >= 0.6 is 11.3 Å². The summed E-state index contributed by atoms with van der Waals surface area (Å²) in [5.41, 5.74) is 5.09. The number of hydrogen-bond donors (Lipinski definition) is 1. The van der Waals surface area contributed by atoms with Gasteiger partial charge in [-0.15, -0.1) is 11.3 Å². The van der Waals surface area contributed by atoms with Gasteiger partial charge in [-0.1, -0.05) is 0 Å². The first-order valence-electron chi connectivity index (χ1n) is 10.1. The molecule has 0 amide bonds. The fourth-order valence-electron chi connectivity index (χ4n) is 3.65. The van der Waals surface area contributed by atoms with Gasteiger partial charge in [0, 0.05) is 48.6 Å². The molecule has 150 valence electrons. The summed E-state index contributed by atoms with van der Waals surface area (Å²) in [6, 6.07) is 14.4. The van der Waals surface area contributed by atoms with Gasteiger partial charge in [0.2, 0.25) is 5.95 Å². The van der Waals surface area contributed by atoms with E-state index in [1.165, 1.54) is 18.5 Å². The Labute approximate surface area is 179 Å². The number of nitrogens with zero attached hydrogens (tertiary/aromatic N) is 5. The molecule has 1 fully saturated rings. The first-order valence-corrected chi connectivity index (χ1v) is 10.9. The molecule has 1 aliphatic heterocycles. The molecule has 0 bridgehead atoms. The smallest absolute Gasteiger partial charge is 0.227 e. The van der Waals surface area contributed by atoms with E-state index in [1.807, 2.05) is 31.3 Å². The minimum Gasteiger partial charge on any atom is -0.372 e. The van der Waals surface area contributed by atoms with Gasteiger partial charge in [-0.05, 0) is 62.2 Å². The minimum absolute atomic E-state index is 0.581. The molecular formula is C23H22N6S. The van der Waals surface area contributed by atoms with Gasteiger partial charge in [-0.25, -0.2) is 15.0 Å².